The van der Waals surface area contributed by atoms with Crippen LogP contribution in [0.25, 0.3) is 0 Å². The molecule has 30 heavy (non-hydrogen) atoms. The minimum atomic E-state index is -4.07. The number of hydrogen-bond donors (Lipinski definition) is 4. The molecule has 0 bridgehead atoms. The lowest BCUT2D eigenvalue weighted by Crippen LogP contribution is -2.40. The van der Waals surface area contributed by atoms with Crippen LogP contribution >= 0.6 is 0 Å². The third-order valence-corrected chi connectivity index (χ3v) is 6.25. The molecule has 0 unspecified atom stereocenters. The largest absolute Gasteiger partial charge is 0.504 e. The molecule has 3 rings (SSSR count). The van der Waals surface area contributed by atoms with Crippen LogP contribution in [0.3, 0.4) is 0 Å². The molecule has 13 heteroatoms. The van der Waals surface area contributed by atoms with E-state index >= 15 is 0 Å². The molecule has 0 atom stereocenters. The Morgan fingerprint density at radius 3 is 2.50 bits per heavy atom. The van der Waals surface area contributed by atoms with E-state index in [1.54, 1.807) is 0 Å². The highest BCUT2D eigenvalue weighted by atomic mass is 32.2. The van der Waals surface area contributed by atoms with Gasteiger partial charge in [0.05, 0.1) is 30.0 Å². The van der Waals surface area contributed by atoms with Crippen molar-refractivity contribution in [3.8, 4) is 17.2 Å². The standard InChI is InChI=1S/C17H18N4O8S/c22-14-4-1-11(16(23)17(14)24)10-18-19-13-3-2-12(21(25)26)9-15(13)30(27,28)20-5-7-29-8-6-20/h1-4,9-10,19,22-24H,5-8H2. The van der Waals surface area contributed by atoms with Crippen LogP contribution in [0.1, 0.15) is 5.56 Å². The van der Waals surface area contributed by atoms with Crippen LogP contribution in [0.5, 0.6) is 17.2 Å². The van der Waals surface area contributed by atoms with Gasteiger partial charge in [0, 0.05) is 30.8 Å². The number of nitro groups is 1. The summed E-state index contributed by atoms with van der Waals surface area (Å²) >= 11 is 0. The highest BCUT2D eigenvalue weighted by molar-refractivity contribution is 7.89. The van der Waals surface area contributed by atoms with Crippen LogP contribution < -0.4 is 5.43 Å². The Hall–Kier alpha value is -3.42. The normalized spacial score (nSPS) is 15.3. The van der Waals surface area contributed by atoms with Crippen molar-refractivity contribution in [2.45, 2.75) is 4.90 Å². The van der Waals surface area contributed by atoms with E-state index in [0.717, 1.165) is 28.7 Å². The van der Waals surface area contributed by atoms with Gasteiger partial charge in [0.1, 0.15) is 4.90 Å². The number of hydrogen-bond acceptors (Lipinski definition) is 10. The molecule has 160 valence electrons. The van der Waals surface area contributed by atoms with Gasteiger partial charge >= 0.3 is 0 Å². The molecule has 1 fully saturated rings. The SMILES string of the molecule is O=[N+]([O-])c1ccc(NN=Cc2ccc(O)c(O)c2O)c(S(=O)(=O)N2CCOCC2)c1. The van der Waals surface area contributed by atoms with Gasteiger partial charge in [-0.1, -0.05) is 0 Å². The lowest BCUT2D eigenvalue weighted by molar-refractivity contribution is -0.385. The molecule has 2 aromatic rings. The molecule has 1 aliphatic rings. The van der Waals surface area contributed by atoms with Crippen molar-refractivity contribution < 1.29 is 33.4 Å². The molecular weight excluding hydrogens is 420 g/mol. The molecule has 0 aliphatic carbocycles. The number of non-ortho nitro benzene ring substituents is 1. The summed E-state index contributed by atoms with van der Waals surface area (Å²) in [5.74, 6) is -1.87. The van der Waals surface area contributed by atoms with Gasteiger partial charge in [0.2, 0.25) is 15.8 Å². The summed E-state index contributed by atoms with van der Waals surface area (Å²) < 4.78 is 32.3. The van der Waals surface area contributed by atoms with E-state index in [4.69, 9.17) is 4.74 Å². The molecule has 0 spiro atoms. The van der Waals surface area contributed by atoms with Crippen molar-refractivity contribution in [1.82, 2.24) is 4.31 Å². The topological polar surface area (TPSA) is 175 Å². The molecule has 12 nitrogen and oxygen atoms in total. The van der Waals surface area contributed by atoms with Crippen molar-refractivity contribution in [3.05, 3.63) is 46.0 Å². The second-order valence-electron chi connectivity index (χ2n) is 6.20. The van der Waals surface area contributed by atoms with Crippen LogP contribution in [-0.2, 0) is 14.8 Å². The van der Waals surface area contributed by atoms with E-state index in [2.05, 4.69) is 10.5 Å². The number of phenols is 3. The van der Waals surface area contributed by atoms with E-state index in [-0.39, 0.29) is 42.4 Å². The van der Waals surface area contributed by atoms with Crippen LogP contribution in [-0.4, -0.2) is 65.5 Å². The Morgan fingerprint density at radius 1 is 1.13 bits per heavy atom. The maximum atomic E-state index is 13.0. The van der Waals surface area contributed by atoms with Crippen molar-refractivity contribution in [3.63, 3.8) is 0 Å². The first kappa shape index (κ1) is 21.3. The van der Waals surface area contributed by atoms with Crippen molar-refractivity contribution in [2.75, 3.05) is 31.7 Å². The predicted molar refractivity (Wildman–Crippen MR) is 105 cm³/mol. The zero-order chi connectivity index (χ0) is 21.9. The quantitative estimate of drug-likeness (QED) is 0.223. The van der Waals surface area contributed by atoms with Crippen LogP contribution in [0, 0.1) is 10.1 Å². The summed E-state index contributed by atoms with van der Waals surface area (Å²) in [7, 11) is -4.07. The molecule has 2 aromatic carbocycles. The second kappa shape index (κ2) is 8.52. The van der Waals surface area contributed by atoms with Crippen LogP contribution in [0.4, 0.5) is 11.4 Å². The number of aromatic hydroxyl groups is 3. The van der Waals surface area contributed by atoms with Gasteiger partial charge in [-0.3, -0.25) is 15.5 Å². The van der Waals surface area contributed by atoms with Gasteiger partial charge in [0.25, 0.3) is 5.69 Å². The molecule has 0 radical (unpaired) electrons. The minimum absolute atomic E-state index is 0.0224. The van der Waals surface area contributed by atoms with E-state index in [9.17, 15) is 33.9 Å². The minimum Gasteiger partial charge on any atom is -0.504 e. The van der Waals surface area contributed by atoms with Gasteiger partial charge in [-0.2, -0.15) is 9.41 Å². The number of morpholine rings is 1. The van der Waals surface area contributed by atoms with Crippen molar-refractivity contribution in [1.29, 1.82) is 0 Å². The Kier molecular flexibility index (Phi) is 6.05. The molecule has 0 aromatic heterocycles. The van der Waals surface area contributed by atoms with E-state index in [1.807, 2.05) is 0 Å². The fraction of sp³-hybridized carbons (Fsp3) is 0.235. The summed E-state index contributed by atoms with van der Waals surface area (Å²) in [5.41, 5.74) is 2.10. The fourth-order valence-corrected chi connectivity index (χ4v) is 4.29. The first-order chi connectivity index (χ1) is 14.2. The van der Waals surface area contributed by atoms with Gasteiger partial charge in [-0.25, -0.2) is 8.42 Å². The highest BCUT2D eigenvalue weighted by Crippen LogP contribution is 2.36. The number of hydrazone groups is 1. The Balaban J connectivity index is 1.94. The zero-order valence-electron chi connectivity index (χ0n) is 15.4. The number of rotatable bonds is 6. The lowest BCUT2D eigenvalue weighted by atomic mass is 10.2. The Labute approximate surface area is 170 Å². The summed E-state index contributed by atoms with van der Waals surface area (Å²) in [6, 6.07) is 5.68. The lowest BCUT2D eigenvalue weighted by Gasteiger charge is -2.26. The number of nitrogens with zero attached hydrogens (tertiary/aromatic N) is 3. The third kappa shape index (κ3) is 4.27. The number of benzene rings is 2. The first-order valence-electron chi connectivity index (χ1n) is 8.61. The molecular formula is C17H18N4O8S. The summed E-state index contributed by atoms with van der Waals surface area (Å²) in [6.07, 6.45) is 1.08. The average molecular weight is 438 g/mol. The molecule has 1 aliphatic heterocycles. The van der Waals surface area contributed by atoms with Crippen molar-refractivity contribution >= 4 is 27.6 Å². The predicted octanol–water partition coefficient (Wildman–Crippen LogP) is 1.18. The Morgan fingerprint density at radius 2 is 1.83 bits per heavy atom. The van der Waals surface area contributed by atoms with E-state index in [0.29, 0.717) is 0 Å². The second-order valence-corrected chi connectivity index (χ2v) is 8.10. The van der Waals surface area contributed by atoms with Crippen LogP contribution in [0.15, 0.2) is 40.3 Å². The Bertz CT molecular complexity index is 1100. The van der Waals surface area contributed by atoms with Gasteiger partial charge in [-0.15, -0.1) is 0 Å². The van der Waals surface area contributed by atoms with Gasteiger partial charge in [0.15, 0.2) is 11.5 Å². The first-order valence-corrected chi connectivity index (χ1v) is 10.0. The number of anilines is 1. The van der Waals surface area contributed by atoms with Crippen molar-refractivity contribution in [2.24, 2.45) is 5.10 Å². The average Bonchev–Trinajstić information content (AvgIpc) is 2.74. The van der Waals surface area contributed by atoms with E-state index in [1.165, 1.54) is 12.1 Å². The number of nitro benzene ring substituents is 1. The summed E-state index contributed by atoms with van der Waals surface area (Å²) in [5, 5.41) is 43.6. The zero-order valence-corrected chi connectivity index (χ0v) is 16.2. The number of sulfonamides is 1. The smallest absolute Gasteiger partial charge is 0.270 e. The highest BCUT2D eigenvalue weighted by Gasteiger charge is 2.30. The molecule has 1 saturated heterocycles. The third-order valence-electron chi connectivity index (χ3n) is 4.31. The molecule has 0 saturated carbocycles. The molecule has 0 amide bonds. The monoisotopic (exact) mass is 438 g/mol. The summed E-state index contributed by atoms with van der Waals surface area (Å²) in [6.45, 7) is 0.625. The fourth-order valence-electron chi connectivity index (χ4n) is 2.72. The van der Waals surface area contributed by atoms with Crippen LogP contribution in [0.2, 0.25) is 0 Å². The number of nitrogens with one attached hydrogen (secondary N) is 1. The molecule has 4 N–H and O–H groups in total. The maximum absolute atomic E-state index is 13.0. The maximum Gasteiger partial charge on any atom is 0.270 e. The van der Waals surface area contributed by atoms with Gasteiger partial charge in [-0.05, 0) is 18.2 Å². The van der Waals surface area contributed by atoms with Gasteiger partial charge < -0.3 is 20.1 Å². The summed E-state index contributed by atoms with van der Waals surface area (Å²) in [4.78, 5) is 10.1. The number of phenolic OH excluding ortho intramolecular Hbond substituents is 3. The van der Waals surface area contributed by atoms with E-state index < -0.39 is 37.9 Å². The number of ether oxygens (including phenoxy) is 1. The molecule has 1 heterocycles.